The average molecular weight is 619 g/mol. The number of ether oxygens (including phenoxy) is 1. The third kappa shape index (κ3) is 5.85. The van der Waals surface area contributed by atoms with Crippen molar-refractivity contribution >= 4 is 61.6 Å². The Morgan fingerprint density at radius 2 is 1.63 bits per heavy atom. The standard InChI is InChI=1S/C28H29Cl2N5O5S/c1-28(2,3)26(27(36)37)35(41(38,39)22-14-19(29)13-20(30)15-22)21-4-5-23-18(12-21)6-7-34(23)25-17-31-24(16-32-25)33-8-10-40-11-9-33/h4-7,12-17,26H,8-11H2,1-3H3,(H,36,37). The molecule has 0 radical (unpaired) electrons. The lowest BCUT2D eigenvalue weighted by Crippen LogP contribution is -2.52. The Kier molecular flexibility index (Phi) is 7.90. The zero-order valence-electron chi connectivity index (χ0n) is 22.7. The number of sulfonamides is 1. The zero-order chi connectivity index (χ0) is 29.5. The Morgan fingerprint density at radius 3 is 2.22 bits per heavy atom. The van der Waals surface area contributed by atoms with Gasteiger partial charge in [-0.05, 0) is 47.9 Å². The van der Waals surface area contributed by atoms with Crippen LogP contribution in [-0.2, 0) is 19.6 Å². The number of anilines is 2. The maximum atomic E-state index is 14.1. The summed E-state index contributed by atoms with van der Waals surface area (Å²) < 4.78 is 36.3. The fourth-order valence-corrected chi connectivity index (χ4v) is 7.41. The highest BCUT2D eigenvalue weighted by atomic mass is 35.5. The van der Waals surface area contributed by atoms with Gasteiger partial charge in [0.15, 0.2) is 5.82 Å². The van der Waals surface area contributed by atoms with E-state index >= 15 is 0 Å². The number of halogens is 2. The Labute approximate surface area is 248 Å². The van der Waals surface area contributed by atoms with Gasteiger partial charge in [-0.2, -0.15) is 0 Å². The SMILES string of the molecule is CC(C)(C)C(C(=O)O)N(c1ccc2c(ccn2-c2cnc(N3CCOCC3)cn2)c1)S(=O)(=O)c1cc(Cl)cc(Cl)c1. The number of nitrogens with zero attached hydrogens (tertiary/aromatic N) is 5. The fraction of sp³-hybridized carbons (Fsp3) is 0.321. The number of benzene rings is 2. The molecule has 1 unspecified atom stereocenters. The largest absolute Gasteiger partial charge is 0.480 e. The molecular weight excluding hydrogens is 589 g/mol. The first-order valence-electron chi connectivity index (χ1n) is 12.9. The average Bonchev–Trinajstić information content (AvgIpc) is 3.34. The Hall–Kier alpha value is -3.38. The molecule has 10 nitrogen and oxygen atoms in total. The monoisotopic (exact) mass is 617 g/mol. The first-order valence-corrected chi connectivity index (χ1v) is 15.1. The van der Waals surface area contributed by atoms with Crippen LogP contribution in [0.25, 0.3) is 16.7 Å². The van der Waals surface area contributed by atoms with E-state index in [0.29, 0.717) is 24.4 Å². The highest BCUT2D eigenvalue weighted by Gasteiger charge is 2.43. The Balaban J connectivity index is 1.58. The van der Waals surface area contributed by atoms with Gasteiger partial charge in [-0.15, -0.1) is 0 Å². The minimum absolute atomic E-state index is 0.118. The molecule has 216 valence electrons. The van der Waals surface area contributed by atoms with E-state index in [-0.39, 0.29) is 20.6 Å². The summed E-state index contributed by atoms with van der Waals surface area (Å²) in [7, 11) is -4.42. The van der Waals surface area contributed by atoms with Crippen molar-refractivity contribution < 1.29 is 23.1 Å². The maximum Gasteiger partial charge on any atom is 0.328 e. The van der Waals surface area contributed by atoms with Crippen molar-refractivity contribution in [2.45, 2.75) is 31.7 Å². The van der Waals surface area contributed by atoms with E-state index in [0.717, 1.165) is 28.7 Å². The number of hydrogen-bond donors (Lipinski definition) is 1. The van der Waals surface area contributed by atoms with Gasteiger partial charge in [-0.3, -0.25) is 8.87 Å². The molecule has 5 rings (SSSR count). The van der Waals surface area contributed by atoms with Crippen LogP contribution in [0.1, 0.15) is 20.8 Å². The van der Waals surface area contributed by atoms with Crippen LogP contribution in [0.4, 0.5) is 11.5 Å². The molecular formula is C28H29Cl2N5O5S. The summed E-state index contributed by atoms with van der Waals surface area (Å²) in [4.78, 5) is 23.6. The quantitative estimate of drug-likeness (QED) is 0.298. The first-order chi connectivity index (χ1) is 19.4. The van der Waals surface area contributed by atoms with E-state index in [1.165, 1.54) is 18.2 Å². The summed E-state index contributed by atoms with van der Waals surface area (Å²) in [5, 5.41) is 11.2. The van der Waals surface area contributed by atoms with Crippen molar-refractivity contribution in [2.24, 2.45) is 5.41 Å². The van der Waals surface area contributed by atoms with Gasteiger partial charge in [-0.25, -0.2) is 23.2 Å². The van der Waals surface area contributed by atoms with Crippen LogP contribution in [0.15, 0.2) is 66.0 Å². The number of carbonyl (C=O) groups is 1. The number of hydrogen-bond acceptors (Lipinski definition) is 7. The van der Waals surface area contributed by atoms with Crippen molar-refractivity contribution in [1.82, 2.24) is 14.5 Å². The van der Waals surface area contributed by atoms with Crippen molar-refractivity contribution in [3.05, 3.63) is 71.1 Å². The van der Waals surface area contributed by atoms with Gasteiger partial charge in [0.25, 0.3) is 10.0 Å². The van der Waals surface area contributed by atoms with Gasteiger partial charge in [0.1, 0.15) is 11.9 Å². The lowest BCUT2D eigenvalue weighted by atomic mass is 9.86. The van der Waals surface area contributed by atoms with E-state index in [1.54, 1.807) is 57.6 Å². The predicted molar refractivity (Wildman–Crippen MR) is 159 cm³/mol. The minimum Gasteiger partial charge on any atom is -0.480 e. The zero-order valence-corrected chi connectivity index (χ0v) is 25.0. The maximum absolute atomic E-state index is 14.1. The molecule has 1 fully saturated rings. The van der Waals surface area contributed by atoms with Crippen LogP contribution in [0, 0.1) is 5.41 Å². The topological polar surface area (TPSA) is 118 Å². The molecule has 0 bridgehead atoms. The van der Waals surface area contributed by atoms with E-state index < -0.39 is 27.4 Å². The lowest BCUT2D eigenvalue weighted by Gasteiger charge is -2.37. The molecule has 1 saturated heterocycles. The molecule has 1 N–H and O–H groups in total. The van der Waals surface area contributed by atoms with Crippen LogP contribution in [-0.4, -0.2) is 66.4 Å². The second-order valence-corrected chi connectivity index (χ2v) is 13.5. The van der Waals surface area contributed by atoms with Crippen LogP contribution in [0.3, 0.4) is 0 Å². The van der Waals surface area contributed by atoms with Gasteiger partial charge in [0, 0.05) is 34.7 Å². The molecule has 13 heteroatoms. The number of aromatic nitrogens is 3. The highest BCUT2D eigenvalue weighted by molar-refractivity contribution is 7.93. The van der Waals surface area contributed by atoms with Crippen molar-refractivity contribution in [1.29, 1.82) is 0 Å². The van der Waals surface area contributed by atoms with Crippen LogP contribution in [0.5, 0.6) is 0 Å². The number of carboxylic acids is 1. The minimum atomic E-state index is -4.42. The molecule has 1 aliphatic rings. The molecule has 2 aromatic heterocycles. The lowest BCUT2D eigenvalue weighted by molar-refractivity contribution is -0.140. The van der Waals surface area contributed by atoms with Crippen molar-refractivity contribution in [2.75, 3.05) is 35.5 Å². The predicted octanol–water partition coefficient (Wildman–Crippen LogP) is 5.26. The normalized spacial score (nSPS) is 15.2. The fourth-order valence-electron chi connectivity index (χ4n) is 4.90. The highest BCUT2D eigenvalue weighted by Crippen LogP contribution is 2.37. The second kappa shape index (κ2) is 11.1. The number of morpholine rings is 1. The van der Waals surface area contributed by atoms with Crippen molar-refractivity contribution in [3.8, 4) is 5.82 Å². The summed E-state index contributed by atoms with van der Waals surface area (Å²) >= 11 is 12.3. The van der Waals surface area contributed by atoms with E-state index in [9.17, 15) is 18.3 Å². The molecule has 0 aliphatic carbocycles. The molecule has 0 saturated carbocycles. The third-order valence-corrected chi connectivity index (χ3v) is 9.02. The summed E-state index contributed by atoms with van der Waals surface area (Å²) in [6.07, 6.45) is 5.20. The summed E-state index contributed by atoms with van der Waals surface area (Å²) in [5.74, 6) is 0.0584. The Morgan fingerprint density at radius 1 is 1.00 bits per heavy atom. The van der Waals surface area contributed by atoms with Gasteiger partial charge in [0.05, 0.1) is 41.7 Å². The summed E-state index contributed by atoms with van der Waals surface area (Å²) in [5.41, 5.74) is -0.0460. The molecule has 1 aliphatic heterocycles. The van der Waals surface area contributed by atoms with Gasteiger partial charge >= 0.3 is 5.97 Å². The molecule has 2 aromatic carbocycles. The smallest absolute Gasteiger partial charge is 0.328 e. The van der Waals surface area contributed by atoms with Gasteiger partial charge in [0.2, 0.25) is 0 Å². The second-order valence-electron chi connectivity index (χ2n) is 10.8. The van der Waals surface area contributed by atoms with E-state index in [4.69, 9.17) is 27.9 Å². The molecule has 41 heavy (non-hydrogen) atoms. The van der Waals surface area contributed by atoms with Crippen LogP contribution in [0.2, 0.25) is 10.0 Å². The summed E-state index contributed by atoms with van der Waals surface area (Å²) in [6.45, 7) is 7.80. The number of aliphatic carboxylic acids is 1. The molecule has 3 heterocycles. The molecule has 4 aromatic rings. The molecule has 0 amide bonds. The molecule has 0 spiro atoms. The first kappa shape index (κ1) is 29.1. The number of fused-ring (bicyclic) bond motifs is 1. The third-order valence-electron chi connectivity index (χ3n) is 6.82. The molecule has 1 atom stereocenters. The van der Waals surface area contributed by atoms with Crippen molar-refractivity contribution in [3.63, 3.8) is 0 Å². The van der Waals surface area contributed by atoms with Gasteiger partial charge < -0.3 is 14.7 Å². The van der Waals surface area contributed by atoms with Crippen LogP contribution < -0.4 is 9.21 Å². The van der Waals surface area contributed by atoms with E-state index in [1.807, 2.05) is 10.6 Å². The number of carboxylic acid groups (broad SMARTS) is 1. The van der Waals surface area contributed by atoms with Crippen LogP contribution >= 0.6 is 23.2 Å². The van der Waals surface area contributed by atoms with Gasteiger partial charge in [-0.1, -0.05) is 44.0 Å². The van der Waals surface area contributed by atoms with E-state index in [2.05, 4.69) is 14.9 Å². The number of rotatable bonds is 7. The summed E-state index contributed by atoms with van der Waals surface area (Å²) in [6, 6.07) is 9.25. The Bertz CT molecular complexity index is 1680.